The number of anilines is 1. The van der Waals surface area contributed by atoms with Gasteiger partial charge >= 0.3 is 0 Å². The topological polar surface area (TPSA) is 17.0 Å². The molecule has 1 aromatic carbocycles. The maximum Gasteiger partial charge on any atom is 0.124 e. The molecule has 1 heterocycles. The van der Waals surface area contributed by atoms with Crippen LogP contribution in [0.15, 0.2) is 41.0 Å². The first kappa shape index (κ1) is 11.2. The number of nitrogens with zero attached hydrogens (tertiary/aromatic N) is 1. The molecule has 16 heavy (non-hydrogen) atoms. The van der Waals surface area contributed by atoms with E-state index < -0.39 is 0 Å². The Balaban J connectivity index is 2.08. The Labute approximate surface area is 102 Å². The van der Waals surface area contributed by atoms with Crippen molar-refractivity contribution in [2.24, 2.45) is 7.05 Å². The lowest BCUT2D eigenvalue weighted by molar-refractivity contribution is 0.627. The minimum atomic E-state index is -0.240. The predicted octanol–water partition coefficient (Wildman–Crippen LogP) is 3.54. The molecular weight excluding hydrogens is 271 g/mol. The van der Waals surface area contributed by atoms with Gasteiger partial charge in [0.15, 0.2) is 0 Å². The van der Waals surface area contributed by atoms with Crippen LogP contribution >= 0.6 is 15.9 Å². The summed E-state index contributed by atoms with van der Waals surface area (Å²) in [5.74, 6) is -0.240. The van der Waals surface area contributed by atoms with Gasteiger partial charge in [-0.1, -0.05) is 0 Å². The van der Waals surface area contributed by atoms with E-state index in [9.17, 15) is 4.39 Å². The Hall–Kier alpha value is -1.29. The SMILES string of the molecule is Cn1cccc1CNc1ccc(F)cc1Br. The fourth-order valence-electron chi connectivity index (χ4n) is 1.50. The van der Waals surface area contributed by atoms with Crippen LogP contribution < -0.4 is 5.32 Å². The summed E-state index contributed by atoms with van der Waals surface area (Å²) < 4.78 is 15.6. The van der Waals surface area contributed by atoms with E-state index in [1.54, 1.807) is 6.07 Å². The van der Waals surface area contributed by atoms with Crippen molar-refractivity contribution in [1.82, 2.24) is 4.57 Å². The van der Waals surface area contributed by atoms with Crippen LogP contribution in [0.3, 0.4) is 0 Å². The van der Waals surface area contributed by atoms with Crippen molar-refractivity contribution in [2.45, 2.75) is 6.54 Å². The average Bonchev–Trinajstić information content (AvgIpc) is 2.63. The Kier molecular flexibility index (Phi) is 3.29. The molecule has 0 radical (unpaired) electrons. The number of benzene rings is 1. The molecule has 0 amide bonds. The quantitative estimate of drug-likeness (QED) is 0.911. The monoisotopic (exact) mass is 282 g/mol. The zero-order valence-corrected chi connectivity index (χ0v) is 10.5. The molecule has 0 spiro atoms. The third kappa shape index (κ3) is 2.44. The van der Waals surface area contributed by atoms with E-state index in [0.29, 0.717) is 6.54 Å². The molecule has 2 nitrogen and oxygen atoms in total. The van der Waals surface area contributed by atoms with E-state index in [2.05, 4.69) is 21.2 Å². The molecule has 0 fully saturated rings. The van der Waals surface area contributed by atoms with Crippen LogP contribution in [0.1, 0.15) is 5.69 Å². The van der Waals surface area contributed by atoms with Crippen LogP contribution in [0.25, 0.3) is 0 Å². The predicted molar refractivity (Wildman–Crippen MR) is 66.8 cm³/mol. The number of hydrogen-bond acceptors (Lipinski definition) is 1. The molecule has 0 saturated heterocycles. The van der Waals surface area contributed by atoms with Crippen molar-refractivity contribution in [1.29, 1.82) is 0 Å². The summed E-state index contributed by atoms with van der Waals surface area (Å²) in [6, 6.07) is 8.66. The van der Waals surface area contributed by atoms with Crippen LogP contribution in [0.2, 0.25) is 0 Å². The summed E-state index contributed by atoms with van der Waals surface area (Å²) in [6.07, 6.45) is 2.00. The fourth-order valence-corrected chi connectivity index (χ4v) is 1.99. The standard InChI is InChI=1S/C12H12BrFN2/c1-16-6-2-3-10(16)8-15-12-5-4-9(14)7-11(12)13/h2-7,15H,8H2,1H3. The first-order valence-electron chi connectivity index (χ1n) is 4.96. The summed E-state index contributed by atoms with van der Waals surface area (Å²) in [5.41, 5.74) is 2.07. The zero-order chi connectivity index (χ0) is 11.5. The first-order valence-corrected chi connectivity index (χ1v) is 5.75. The first-order chi connectivity index (χ1) is 7.66. The largest absolute Gasteiger partial charge is 0.379 e. The molecule has 4 heteroatoms. The Bertz CT molecular complexity index is 494. The van der Waals surface area contributed by atoms with E-state index in [1.807, 2.05) is 29.9 Å². The molecule has 0 atom stereocenters. The summed E-state index contributed by atoms with van der Waals surface area (Å²) >= 11 is 3.32. The number of halogens is 2. The van der Waals surface area contributed by atoms with Crippen LogP contribution in [0, 0.1) is 5.82 Å². The lowest BCUT2D eigenvalue weighted by atomic mass is 10.3. The Morgan fingerprint density at radius 3 is 2.81 bits per heavy atom. The summed E-state index contributed by atoms with van der Waals surface area (Å²) in [6.45, 7) is 0.716. The van der Waals surface area contributed by atoms with Crippen LogP contribution in [-0.4, -0.2) is 4.57 Å². The van der Waals surface area contributed by atoms with Gasteiger partial charge in [-0.15, -0.1) is 0 Å². The Morgan fingerprint density at radius 2 is 2.19 bits per heavy atom. The van der Waals surface area contributed by atoms with Gasteiger partial charge in [-0.2, -0.15) is 0 Å². The molecule has 1 aromatic heterocycles. The molecule has 1 N–H and O–H groups in total. The van der Waals surface area contributed by atoms with Crippen LogP contribution in [0.4, 0.5) is 10.1 Å². The van der Waals surface area contributed by atoms with Gasteiger partial charge in [-0.3, -0.25) is 0 Å². The molecule has 2 aromatic rings. The van der Waals surface area contributed by atoms with Gasteiger partial charge in [0.1, 0.15) is 5.82 Å². The molecule has 84 valence electrons. The highest BCUT2D eigenvalue weighted by molar-refractivity contribution is 9.10. The smallest absolute Gasteiger partial charge is 0.124 e. The van der Waals surface area contributed by atoms with Crippen LogP contribution in [-0.2, 0) is 13.6 Å². The third-order valence-corrected chi connectivity index (χ3v) is 3.10. The number of aromatic nitrogens is 1. The van der Waals surface area contributed by atoms with E-state index in [4.69, 9.17) is 0 Å². The van der Waals surface area contributed by atoms with Gasteiger partial charge in [-0.05, 0) is 46.3 Å². The number of hydrogen-bond donors (Lipinski definition) is 1. The van der Waals surface area contributed by atoms with Crippen LogP contribution in [0.5, 0.6) is 0 Å². The molecule has 0 aliphatic rings. The van der Waals surface area contributed by atoms with E-state index >= 15 is 0 Å². The summed E-state index contributed by atoms with van der Waals surface area (Å²) in [7, 11) is 2.00. The van der Waals surface area contributed by atoms with Gasteiger partial charge in [0.25, 0.3) is 0 Å². The van der Waals surface area contributed by atoms with Gasteiger partial charge < -0.3 is 9.88 Å². The van der Waals surface area contributed by atoms with Gasteiger partial charge in [0.2, 0.25) is 0 Å². The van der Waals surface area contributed by atoms with E-state index in [-0.39, 0.29) is 5.82 Å². The van der Waals surface area contributed by atoms with Crippen molar-refractivity contribution < 1.29 is 4.39 Å². The van der Waals surface area contributed by atoms with Crippen molar-refractivity contribution >= 4 is 21.6 Å². The molecule has 0 aliphatic carbocycles. The fraction of sp³-hybridized carbons (Fsp3) is 0.167. The lowest BCUT2D eigenvalue weighted by Crippen LogP contribution is -2.04. The molecule has 0 unspecified atom stereocenters. The molecule has 0 bridgehead atoms. The van der Waals surface area contributed by atoms with Crippen molar-refractivity contribution in [3.8, 4) is 0 Å². The highest BCUT2D eigenvalue weighted by Crippen LogP contribution is 2.23. The average molecular weight is 283 g/mol. The molecule has 2 rings (SSSR count). The van der Waals surface area contributed by atoms with Crippen molar-refractivity contribution in [2.75, 3.05) is 5.32 Å². The minimum Gasteiger partial charge on any atom is -0.379 e. The normalized spacial score (nSPS) is 10.4. The zero-order valence-electron chi connectivity index (χ0n) is 8.87. The Morgan fingerprint density at radius 1 is 1.38 bits per heavy atom. The summed E-state index contributed by atoms with van der Waals surface area (Å²) in [5, 5.41) is 3.25. The lowest BCUT2D eigenvalue weighted by Gasteiger charge is -2.09. The van der Waals surface area contributed by atoms with Crippen molar-refractivity contribution in [3.63, 3.8) is 0 Å². The summed E-state index contributed by atoms with van der Waals surface area (Å²) in [4.78, 5) is 0. The molecular formula is C12H12BrFN2. The minimum absolute atomic E-state index is 0.240. The van der Waals surface area contributed by atoms with Gasteiger partial charge in [-0.25, -0.2) is 4.39 Å². The molecule has 0 saturated carbocycles. The number of nitrogens with one attached hydrogen (secondary N) is 1. The van der Waals surface area contributed by atoms with E-state index in [0.717, 1.165) is 10.2 Å². The van der Waals surface area contributed by atoms with Crippen molar-refractivity contribution in [3.05, 3.63) is 52.5 Å². The number of rotatable bonds is 3. The second kappa shape index (κ2) is 4.70. The highest BCUT2D eigenvalue weighted by atomic mass is 79.9. The number of aryl methyl sites for hydroxylation is 1. The third-order valence-electron chi connectivity index (χ3n) is 2.44. The van der Waals surface area contributed by atoms with E-state index in [1.165, 1.54) is 17.8 Å². The second-order valence-corrected chi connectivity index (χ2v) is 4.44. The van der Waals surface area contributed by atoms with Gasteiger partial charge in [0, 0.05) is 29.1 Å². The second-order valence-electron chi connectivity index (χ2n) is 3.59. The molecule has 0 aliphatic heterocycles. The van der Waals surface area contributed by atoms with Gasteiger partial charge in [0.05, 0.1) is 6.54 Å². The maximum atomic E-state index is 12.9. The maximum absolute atomic E-state index is 12.9. The highest BCUT2D eigenvalue weighted by Gasteiger charge is 2.02.